The monoisotopic (exact) mass is 207 g/mol. The predicted molar refractivity (Wildman–Crippen MR) is 55.7 cm³/mol. The third-order valence-corrected chi connectivity index (χ3v) is 2.44. The lowest BCUT2D eigenvalue weighted by molar-refractivity contribution is -0.121. The molecule has 1 aromatic rings. The van der Waals surface area contributed by atoms with Gasteiger partial charge in [0.25, 0.3) is 0 Å². The summed E-state index contributed by atoms with van der Waals surface area (Å²) in [6.07, 6.45) is 0.0304. The molecule has 1 aliphatic heterocycles. The number of hydrogen-bond acceptors (Lipinski definition) is 3. The van der Waals surface area contributed by atoms with Crippen LogP contribution in [-0.4, -0.2) is 18.2 Å². The largest absolute Gasteiger partial charge is 0.305 e. The average Bonchev–Trinajstić information content (AvgIpc) is 2.47. The summed E-state index contributed by atoms with van der Waals surface area (Å²) in [7, 11) is 0. The van der Waals surface area contributed by atoms with Gasteiger partial charge in [0.2, 0.25) is 5.91 Å². The fraction of sp³-hybridized carbons (Fsp3) is 0.200. The van der Waals surface area contributed by atoms with E-state index in [2.05, 4.69) is 12.6 Å². The van der Waals surface area contributed by atoms with E-state index in [4.69, 9.17) is 0 Å². The van der Waals surface area contributed by atoms with Gasteiger partial charge in [-0.3, -0.25) is 9.59 Å². The number of thiol groups is 1. The lowest BCUT2D eigenvalue weighted by Gasteiger charge is -2.14. The summed E-state index contributed by atoms with van der Waals surface area (Å²) >= 11 is 4.14. The molecule has 0 aromatic heterocycles. The maximum Gasteiger partial charge on any atom is 0.234 e. The number of nitrogens with zero attached hydrogens (tertiary/aromatic N) is 1. The Kier molecular flexibility index (Phi) is 2.29. The van der Waals surface area contributed by atoms with Gasteiger partial charge in [-0.25, -0.2) is 0 Å². The van der Waals surface area contributed by atoms with Crippen molar-refractivity contribution in [1.82, 2.24) is 0 Å². The quantitative estimate of drug-likeness (QED) is 0.556. The highest BCUT2D eigenvalue weighted by Gasteiger charge is 2.28. The summed E-state index contributed by atoms with van der Waals surface area (Å²) in [5, 5.41) is 0. The van der Waals surface area contributed by atoms with Gasteiger partial charge >= 0.3 is 0 Å². The molecule has 1 amide bonds. The number of benzene rings is 1. The molecule has 0 aliphatic carbocycles. The van der Waals surface area contributed by atoms with E-state index in [-0.39, 0.29) is 24.7 Å². The van der Waals surface area contributed by atoms with Gasteiger partial charge in [-0.15, -0.1) is 12.6 Å². The lowest BCUT2D eigenvalue weighted by Crippen LogP contribution is -2.24. The topological polar surface area (TPSA) is 37.4 Å². The third-order valence-electron chi connectivity index (χ3n) is 2.15. The molecule has 4 heteroatoms. The second-order valence-corrected chi connectivity index (χ2v) is 3.73. The molecule has 3 nitrogen and oxygen atoms in total. The molecule has 0 N–H and O–H groups in total. The third kappa shape index (κ3) is 1.65. The van der Waals surface area contributed by atoms with Crippen LogP contribution in [0.1, 0.15) is 6.42 Å². The number of carbonyl (C=O) groups excluding carboxylic acids is 2. The van der Waals surface area contributed by atoms with Gasteiger partial charge in [-0.05, 0) is 24.3 Å². The van der Waals surface area contributed by atoms with E-state index in [0.29, 0.717) is 0 Å². The molecule has 0 spiro atoms. The van der Waals surface area contributed by atoms with E-state index in [9.17, 15) is 9.59 Å². The van der Waals surface area contributed by atoms with Gasteiger partial charge in [0, 0.05) is 10.6 Å². The number of anilines is 1. The van der Waals surface area contributed by atoms with Crippen molar-refractivity contribution in [2.24, 2.45) is 0 Å². The molecule has 1 fully saturated rings. The Balaban J connectivity index is 2.27. The molecule has 0 saturated carbocycles. The summed E-state index contributed by atoms with van der Waals surface area (Å²) in [5.41, 5.74) is 0.763. The molecule has 1 aliphatic rings. The number of carbonyl (C=O) groups is 2. The molecule has 0 unspecified atom stereocenters. The Morgan fingerprint density at radius 3 is 2.29 bits per heavy atom. The molecule has 72 valence electrons. The number of rotatable bonds is 1. The molecule has 2 rings (SSSR count). The van der Waals surface area contributed by atoms with Crippen molar-refractivity contribution in [3.63, 3.8) is 0 Å². The van der Waals surface area contributed by atoms with Gasteiger partial charge in [-0.1, -0.05) is 0 Å². The van der Waals surface area contributed by atoms with E-state index < -0.39 is 0 Å². The summed E-state index contributed by atoms with van der Waals surface area (Å²) in [6, 6.07) is 7.18. The minimum absolute atomic E-state index is 0.0232. The van der Waals surface area contributed by atoms with Gasteiger partial charge in [0.1, 0.15) is 0 Å². The van der Waals surface area contributed by atoms with E-state index in [0.717, 1.165) is 10.6 Å². The number of amides is 1. The molecule has 1 aromatic carbocycles. The van der Waals surface area contributed by atoms with Crippen molar-refractivity contribution in [3.8, 4) is 0 Å². The van der Waals surface area contributed by atoms with Crippen LogP contribution in [0.2, 0.25) is 0 Å². The highest BCUT2D eigenvalue weighted by Crippen LogP contribution is 2.20. The maximum absolute atomic E-state index is 11.4. The summed E-state index contributed by atoms with van der Waals surface area (Å²) in [4.78, 5) is 24.7. The van der Waals surface area contributed by atoms with Crippen LogP contribution in [0.15, 0.2) is 29.2 Å². The number of Topliss-reactive ketones (excluding diaryl/α,β-unsaturated/α-hetero) is 1. The first-order valence-electron chi connectivity index (χ1n) is 4.28. The SMILES string of the molecule is O=C1CC(=O)N(c2ccc(S)cc2)C1. The normalized spacial score (nSPS) is 16.5. The molecular formula is C10H9NO2S. The van der Waals surface area contributed by atoms with Crippen LogP contribution in [0.4, 0.5) is 5.69 Å². The minimum Gasteiger partial charge on any atom is -0.305 e. The number of ketones is 1. The standard InChI is InChI=1S/C10H9NO2S/c12-8-5-10(13)11(6-8)7-1-3-9(14)4-2-7/h1-4,14H,5-6H2. The zero-order valence-electron chi connectivity index (χ0n) is 7.43. The minimum atomic E-state index is -0.123. The van der Waals surface area contributed by atoms with Crippen LogP contribution in [0.5, 0.6) is 0 Å². The Hall–Kier alpha value is -1.29. The van der Waals surface area contributed by atoms with Crippen LogP contribution in [0.3, 0.4) is 0 Å². The van der Waals surface area contributed by atoms with E-state index in [1.54, 1.807) is 24.3 Å². The summed E-state index contributed by atoms with van der Waals surface area (Å²) in [5.74, 6) is -0.146. The van der Waals surface area contributed by atoms with Crippen LogP contribution >= 0.6 is 12.6 Å². The van der Waals surface area contributed by atoms with Crippen molar-refractivity contribution < 1.29 is 9.59 Å². The van der Waals surface area contributed by atoms with Crippen molar-refractivity contribution in [2.75, 3.05) is 11.4 Å². The van der Waals surface area contributed by atoms with E-state index in [1.165, 1.54) is 4.90 Å². The Bertz CT molecular complexity index is 386. The Labute approximate surface area is 87.1 Å². The highest BCUT2D eigenvalue weighted by molar-refractivity contribution is 7.80. The van der Waals surface area contributed by atoms with Gasteiger partial charge in [-0.2, -0.15) is 0 Å². The molecular weight excluding hydrogens is 198 g/mol. The molecule has 1 heterocycles. The summed E-state index contributed by atoms with van der Waals surface area (Å²) < 4.78 is 0. The van der Waals surface area contributed by atoms with Crippen LogP contribution in [0.25, 0.3) is 0 Å². The van der Waals surface area contributed by atoms with Crippen LogP contribution in [-0.2, 0) is 9.59 Å². The van der Waals surface area contributed by atoms with E-state index >= 15 is 0 Å². The smallest absolute Gasteiger partial charge is 0.234 e. The molecule has 1 saturated heterocycles. The van der Waals surface area contributed by atoms with Crippen molar-refractivity contribution in [2.45, 2.75) is 11.3 Å². The van der Waals surface area contributed by atoms with Crippen molar-refractivity contribution in [1.29, 1.82) is 0 Å². The second kappa shape index (κ2) is 3.46. The predicted octanol–water partition coefficient (Wildman–Crippen LogP) is 1.28. The zero-order valence-corrected chi connectivity index (χ0v) is 8.33. The Morgan fingerprint density at radius 2 is 1.79 bits per heavy atom. The molecule has 0 atom stereocenters. The number of hydrogen-bond donors (Lipinski definition) is 1. The first-order valence-corrected chi connectivity index (χ1v) is 4.72. The van der Waals surface area contributed by atoms with Crippen LogP contribution in [0, 0.1) is 0 Å². The fourth-order valence-electron chi connectivity index (χ4n) is 1.45. The van der Waals surface area contributed by atoms with Gasteiger partial charge < -0.3 is 4.90 Å². The first-order chi connectivity index (χ1) is 6.66. The van der Waals surface area contributed by atoms with Crippen molar-refractivity contribution in [3.05, 3.63) is 24.3 Å². The molecule has 14 heavy (non-hydrogen) atoms. The maximum atomic E-state index is 11.4. The first kappa shape index (κ1) is 9.27. The second-order valence-electron chi connectivity index (χ2n) is 3.21. The van der Waals surface area contributed by atoms with Crippen LogP contribution < -0.4 is 4.90 Å². The van der Waals surface area contributed by atoms with E-state index in [1.807, 2.05) is 0 Å². The van der Waals surface area contributed by atoms with Gasteiger partial charge in [0.15, 0.2) is 5.78 Å². The van der Waals surface area contributed by atoms with Crippen molar-refractivity contribution >= 4 is 30.0 Å². The Morgan fingerprint density at radius 1 is 1.14 bits per heavy atom. The summed E-state index contributed by atoms with van der Waals surface area (Å²) in [6.45, 7) is 0.199. The van der Waals surface area contributed by atoms with Gasteiger partial charge in [0.05, 0.1) is 13.0 Å². The molecule has 0 bridgehead atoms. The molecule has 0 radical (unpaired) electrons. The lowest BCUT2D eigenvalue weighted by atomic mass is 10.3. The zero-order chi connectivity index (χ0) is 10.1. The fourth-order valence-corrected chi connectivity index (χ4v) is 1.60. The average molecular weight is 207 g/mol. The highest BCUT2D eigenvalue weighted by atomic mass is 32.1.